The van der Waals surface area contributed by atoms with E-state index in [4.69, 9.17) is 0 Å². The Morgan fingerprint density at radius 2 is 1.08 bits per heavy atom. The Labute approximate surface area is 170 Å². The van der Waals surface area contributed by atoms with Crippen molar-refractivity contribution in [2.75, 3.05) is 0 Å². The van der Waals surface area contributed by atoms with Crippen LogP contribution in [0.15, 0.2) is 91.0 Å². The van der Waals surface area contributed by atoms with E-state index in [0.29, 0.717) is 5.92 Å². The monoisotopic (exact) mass is 490 g/mol. The normalized spacial score (nSPS) is 12.2. The van der Waals surface area contributed by atoms with Gasteiger partial charge in [-0.1, -0.05) is 121 Å². The second-order valence-corrected chi connectivity index (χ2v) is 7.52. The van der Waals surface area contributed by atoms with Gasteiger partial charge in [0.05, 0.1) is 3.42 Å². The van der Waals surface area contributed by atoms with E-state index in [0.717, 1.165) is 6.42 Å². The molecule has 2 unspecified atom stereocenters. The van der Waals surface area contributed by atoms with E-state index in [1.165, 1.54) is 16.7 Å². The van der Waals surface area contributed by atoms with E-state index in [2.05, 4.69) is 121 Å². The Morgan fingerprint density at radius 3 is 1.46 bits per heavy atom. The Hall–Kier alpha value is -1.05. The molecule has 0 saturated heterocycles. The number of rotatable bonds is 5. The molecule has 24 heavy (non-hydrogen) atoms. The molecule has 0 aliphatic heterocycles. The first-order valence-electron chi connectivity index (χ1n) is 8.11. The molecule has 0 aromatic heterocycles. The summed E-state index contributed by atoms with van der Waals surface area (Å²) in [6.45, 7) is 2.29. The van der Waals surface area contributed by atoms with Crippen LogP contribution in [0.3, 0.4) is 0 Å². The molecule has 0 nitrogen and oxygen atoms in total. The van der Waals surface area contributed by atoms with Crippen LogP contribution in [-0.4, -0.2) is 18.0 Å². The standard InChI is InChI=1S/C22H21I.AsH3/c1-2-21(18-12-6-3-7-13-18)22(23,19-14-8-4-9-15-19)20-16-10-5-11-17-20;/h3-17,21H,2H2,1H3;1H3. The van der Waals surface area contributed by atoms with E-state index in [9.17, 15) is 0 Å². The predicted octanol–water partition coefficient (Wildman–Crippen LogP) is 5.38. The summed E-state index contributed by atoms with van der Waals surface area (Å²) in [4.78, 5) is 0. The number of hydrogen-bond acceptors (Lipinski definition) is 0. The van der Waals surface area contributed by atoms with Gasteiger partial charge < -0.3 is 0 Å². The first kappa shape index (κ1) is 19.3. The summed E-state index contributed by atoms with van der Waals surface area (Å²) < 4.78 is -0.0730. The fourth-order valence-corrected chi connectivity index (χ4v) is 4.88. The third kappa shape index (κ3) is 3.78. The van der Waals surface area contributed by atoms with E-state index >= 15 is 0 Å². The van der Waals surface area contributed by atoms with E-state index in [1.54, 1.807) is 0 Å². The van der Waals surface area contributed by atoms with Gasteiger partial charge in [-0.15, -0.1) is 0 Å². The minimum atomic E-state index is -0.0730. The summed E-state index contributed by atoms with van der Waals surface area (Å²) in [5.41, 5.74) is 4.13. The van der Waals surface area contributed by atoms with E-state index < -0.39 is 0 Å². The number of hydrogen-bond donors (Lipinski definition) is 0. The zero-order chi connectivity index (χ0) is 16.1. The van der Waals surface area contributed by atoms with E-state index in [1.807, 2.05) is 0 Å². The average molecular weight is 490 g/mol. The summed E-state index contributed by atoms with van der Waals surface area (Å²) in [7, 11) is 0. The van der Waals surface area contributed by atoms with Crippen molar-refractivity contribution >= 4 is 40.5 Å². The van der Waals surface area contributed by atoms with Crippen LogP contribution in [0.1, 0.15) is 36.0 Å². The zero-order valence-electron chi connectivity index (χ0n) is 14.0. The van der Waals surface area contributed by atoms with Crippen LogP contribution >= 0.6 is 22.6 Å². The van der Waals surface area contributed by atoms with Gasteiger partial charge in [0.2, 0.25) is 0 Å². The first-order chi connectivity index (χ1) is 11.3. The Morgan fingerprint density at radius 1 is 0.708 bits per heavy atom. The Bertz CT molecular complexity index is 686. The van der Waals surface area contributed by atoms with Crippen LogP contribution in [0.4, 0.5) is 0 Å². The van der Waals surface area contributed by atoms with Gasteiger partial charge in [-0.2, -0.15) is 0 Å². The van der Waals surface area contributed by atoms with Crippen LogP contribution in [-0.2, 0) is 3.42 Å². The second-order valence-electron chi connectivity index (χ2n) is 5.82. The summed E-state index contributed by atoms with van der Waals surface area (Å²) in [5, 5.41) is 0. The Kier molecular flexibility index (Phi) is 7.13. The van der Waals surface area contributed by atoms with Crippen molar-refractivity contribution in [2.24, 2.45) is 0 Å². The molecule has 0 aliphatic carbocycles. The molecular formula is C22H24AsI. The molecule has 3 rings (SSSR count). The molecular weight excluding hydrogens is 466 g/mol. The maximum atomic E-state index is 2.67. The molecule has 0 N–H and O–H groups in total. The van der Waals surface area contributed by atoms with Gasteiger partial charge in [0.1, 0.15) is 0 Å². The maximum absolute atomic E-state index is 2.67. The van der Waals surface area contributed by atoms with Gasteiger partial charge in [-0.3, -0.25) is 0 Å². The molecule has 0 bridgehead atoms. The molecule has 0 heterocycles. The first-order valence-corrected chi connectivity index (χ1v) is 9.19. The van der Waals surface area contributed by atoms with Crippen molar-refractivity contribution in [2.45, 2.75) is 22.7 Å². The van der Waals surface area contributed by atoms with Gasteiger partial charge in [-0.25, -0.2) is 0 Å². The average Bonchev–Trinajstić information content (AvgIpc) is 2.64. The van der Waals surface area contributed by atoms with Crippen molar-refractivity contribution in [1.82, 2.24) is 0 Å². The van der Waals surface area contributed by atoms with Crippen LogP contribution in [0.25, 0.3) is 0 Å². The van der Waals surface area contributed by atoms with Crippen LogP contribution in [0.5, 0.6) is 0 Å². The van der Waals surface area contributed by atoms with Gasteiger partial charge in [0, 0.05) is 5.92 Å². The third-order valence-electron chi connectivity index (χ3n) is 4.48. The quantitative estimate of drug-likeness (QED) is 0.256. The Balaban J connectivity index is 0.00000208. The number of benzene rings is 3. The van der Waals surface area contributed by atoms with Crippen molar-refractivity contribution in [3.63, 3.8) is 0 Å². The van der Waals surface area contributed by atoms with Crippen LogP contribution < -0.4 is 0 Å². The molecule has 2 heteroatoms. The van der Waals surface area contributed by atoms with Gasteiger partial charge in [0.15, 0.2) is 0 Å². The summed E-state index contributed by atoms with van der Waals surface area (Å²) in [6.07, 6.45) is 1.09. The summed E-state index contributed by atoms with van der Waals surface area (Å²) in [6, 6.07) is 32.7. The molecule has 2 atom stereocenters. The van der Waals surface area contributed by atoms with Crippen LogP contribution in [0.2, 0.25) is 0 Å². The molecule has 3 aromatic rings. The molecule has 0 aliphatic rings. The van der Waals surface area contributed by atoms with Gasteiger partial charge >= 0.3 is 18.0 Å². The number of halogens is 1. The van der Waals surface area contributed by atoms with E-state index in [-0.39, 0.29) is 21.4 Å². The van der Waals surface area contributed by atoms with Crippen LogP contribution in [0, 0.1) is 0 Å². The molecule has 0 spiro atoms. The second kappa shape index (κ2) is 8.87. The van der Waals surface area contributed by atoms with Crippen molar-refractivity contribution < 1.29 is 0 Å². The molecule has 124 valence electrons. The molecule has 3 aromatic carbocycles. The SMILES string of the molecule is CCC(c1ccccc1)C(I)(c1ccccc1)c1ccccc1.[AsH3]. The molecule has 0 fully saturated rings. The summed E-state index contributed by atoms with van der Waals surface area (Å²) >= 11 is 2.67. The predicted molar refractivity (Wildman–Crippen MR) is 117 cm³/mol. The van der Waals surface area contributed by atoms with Crippen molar-refractivity contribution in [3.05, 3.63) is 108 Å². The fourth-order valence-electron chi connectivity index (χ4n) is 3.36. The summed E-state index contributed by atoms with van der Waals surface area (Å²) in [5.74, 6) is 0.425. The topological polar surface area (TPSA) is 0 Å². The van der Waals surface area contributed by atoms with Crippen molar-refractivity contribution in [3.8, 4) is 0 Å². The molecule has 0 amide bonds. The fraction of sp³-hybridized carbons (Fsp3) is 0.182. The molecule has 0 saturated carbocycles. The zero-order valence-corrected chi connectivity index (χ0v) is 19.2. The van der Waals surface area contributed by atoms with Gasteiger partial charge in [0.25, 0.3) is 0 Å². The van der Waals surface area contributed by atoms with Gasteiger partial charge in [-0.05, 0) is 23.1 Å². The van der Waals surface area contributed by atoms with Crippen molar-refractivity contribution in [1.29, 1.82) is 0 Å². The third-order valence-corrected chi connectivity index (χ3v) is 6.48. The minimum absolute atomic E-state index is 0. The molecule has 0 radical (unpaired) electrons. The number of alkyl halides is 1.